The predicted octanol–water partition coefficient (Wildman–Crippen LogP) is 18.5. The molecule has 0 fully saturated rings. The van der Waals surface area contributed by atoms with Gasteiger partial charge in [-0.3, -0.25) is 0 Å². The van der Waals surface area contributed by atoms with Gasteiger partial charge in [0.05, 0.1) is 11.0 Å². The number of aromatic nitrogens is 1. The maximum atomic E-state index is 2.53. The molecule has 0 radical (unpaired) electrons. The molecule has 0 atom stereocenters. The van der Waals surface area contributed by atoms with Crippen molar-refractivity contribution in [1.82, 2.24) is 4.57 Å². The summed E-state index contributed by atoms with van der Waals surface area (Å²) in [5, 5.41) is 12.8. The van der Waals surface area contributed by atoms with Crippen molar-refractivity contribution in [3.63, 3.8) is 0 Å². The Labute approximate surface area is 383 Å². The van der Waals surface area contributed by atoms with Gasteiger partial charge < -0.3 is 4.57 Å². The number of benzene rings is 11. The molecule has 0 N–H and O–H groups in total. The molecule has 0 spiro atoms. The van der Waals surface area contributed by atoms with Crippen molar-refractivity contribution in [2.75, 3.05) is 0 Å². The third kappa shape index (κ3) is 5.56. The van der Waals surface area contributed by atoms with Gasteiger partial charge in [-0.2, -0.15) is 0 Å². The largest absolute Gasteiger partial charge is 0.309 e. The van der Waals surface area contributed by atoms with E-state index in [-0.39, 0.29) is 0 Å². The first-order valence-corrected chi connectivity index (χ1v) is 23.9. The van der Waals surface area contributed by atoms with Crippen molar-refractivity contribution in [2.45, 2.75) is 0 Å². The summed E-state index contributed by atoms with van der Waals surface area (Å²) in [5.41, 5.74) is 13.5. The second-order valence-corrected chi connectivity index (χ2v) is 19.2. The molecule has 65 heavy (non-hydrogen) atoms. The quantitative estimate of drug-likeness (QED) is 0.152. The van der Waals surface area contributed by atoms with Gasteiger partial charge in [-0.25, -0.2) is 0 Å². The van der Waals surface area contributed by atoms with Crippen LogP contribution in [0.1, 0.15) is 0 Å². The molecule has 1 nitrogen and oxygen atoms in total. The van der Waals surface area contributed by atoms with E-state index in [4.69, 9.17) is 0 Å². The van der Waals surface area contributed by atoms with Crippen molar-refractivity contribution < 1.29 is 0 Å². The molecule has 0 saturated carbocycles. The highest BCUT2D eigenvalue weighted by molar-refractivity contribution is 7.26. The van der Waals surface area contributed by atoms with Crippen LogP contribution in [0.15, 0.2) is 224 Å². The number of fused-ring (bicyclic) bond motifs is 11. The van der Waals surface area contributed by atoms with Crippen LogP contribution in [-0.2, 0) is 0 Å². The van der Waals surface area contributed by atoms with Gasteiger partial charge in [-0.1, -0.05) is 188 Å². The minimum atomic E-state index is 1.14. The van der Waals surface area contributed by atoms with E-state index < -0.39 is 0 Å². The minimum Gasteiger partial charge on any atom is -0.309 e. The fourth-order valence-electron chi connectivity index (χ4n) is 10.7. The van der Waals surface area contributed by atoms with Gasteiger partial charge in [-0.15, -0.1) is 22.7 Å². The third-order valence-corrected chi connectivity index (χ3v) is 16.0. The molecule has 3 aromatic heterocycles. The second-order valence-electron chi connectivity index (χ2n) is 17.1. The topological polar surface area (TPSA) is 4.93 Å². The highest BCUT2D eigenvalue weighted by atomic mass is 32.1. The van der Waals surface area contributed by atoms with E-state index in [1.54, 1.807) is 0 Å². The second kappa shape index (κ2) is 14.4. The van der Waals surface area contributed by atoms with Gasteiger partial charge in [0, 0.05) is 56.8 Å². The average Bonchev–Trinajstić information content (AvgIpc) is 4.05. The number of thiophene rings is 2. The predicted molar refractivity (Wildman–Crippen MR) is 283 cm³/mol. The van der Waals surface area contributed by atoms with E-state index in [0.29, 0.717) is 0 Å². The molecule has 14 rings (SSSR count). The molecule has 0 unspecified atom stereocenters. The molecule has 0 aliphatic carbocycles. The lowest BCUT2D eigenvalue weighted by Gasteiger charge is -2.18. The maximum absolute atomic E-state index is 2.53. The Morgan fingerprint density at radius 2 is 0.677 bits per heavy atom. The summed E-state index contributed by atoms with van der Waals surface area (Å²) in [5.74, 6) is 0. The maximum Gasteiger partial charge on any atom is 0.0547 e. The molecule has 0 aliphatic rings. The minimum absolute atomic E-state index is 1.14. The van der Waals surface area contributed by atoms with Gasteiger partial charge in [0.2, 0.25) is 0 Å². The molecular weight excluding hydrogens is 823 g/mol. The fraction of sp³-hybridized carbons (Fsp3) is 0. The van der Waals surface area contributed by atoms with Crippen LogP contribution in [0, 0.1) is 0 Å². The van der Waals surface area contributed by atoms with Gasteiger partial charge >= 0.3 is 0 Å². The summed E-state index contributed by atoms with van der Waals surface area (Å²) in [6.45, 7) is 0. The molecule has 302 valence electrons. The standard InChI is InChI=1S/C62H37NS2/c1-2-15-38(16-3-1)59-49-21-4-6-23-51(49)60(52-24-7-5-22-50(52)59)41-17-12-18-42(35-41)63-55-36-39(43-25-13-27-53-47-19-8-10-29-57(47)64-61(43)53)31-33-45(55)46-34-32-40(37-56(46)63)44-26-14-28-54-48-20-9-11-30-58(48)65-62(44)54/h1-37H. The Bertz CT molecular complexity index is 4010. The lowest BCUT2D eigenvalue weighted by atomic mass is 9.86. The molecule has 0 saturated heterocycles. The molecular formula is C62H37NS2. The Hall–Kier alpha value is -7.82. The monoisotopic (exact) mass is 859 g/mol. The Kier molecular flexibility index (Phi) is 8.09. The van der Waals surface area contributed by atoms with Gasteiger partial charge in [0.25, 0.3) is 0 Å². The van der Waals surface area contributed by atoms with Gasteiger partial charge in [0.1, 0.15) is 0 Å². The van der Waals surface area contributed by atoms with Crippen molar-refractivity contribution in [3.8, 4) is 50.2 Å². The molecule has 11 aromatic carbocycles. The van der Waals surface area contributed by atoms with E-state index in [1.165, 1.54) is 128 Å². The zero-order valence-corrected chi connectivity index (χ0v) is 36.8. The fourth-order valence-corrected chi connectivity index (χ4v) is 13.2. The van der Waals surface area contributed by atoms with E-state index in [2.05, 4.69) is 229 Å². The lowest BCUT2D eigenvalue weighted by Crippen LogP contribution is -1.96. The molecule has 3 heterocycles. The van der Waals surface area contributed by atoms with E-state index in [9.17, 15) is 0 Å². The summed E-state index contributed by atoms with van der Waals surface area (Å²) in [6.07, 6.45) is 0. The summed E-state index contributed by atoms with van der Waals surface area (Å²) in [7, 11) is 0. The lowest BCUT2D eigenvalue weighted by molar-refractivity contribution is 1.18. The number of hydrogen-bond acceptors (Lipinski definition) is 2. The first-order chi connectivity index (χ1) is 32.2. The third-order valence-electron chi connectivity index (χ3n) is 13.6. The van der Waals surface area contributed by atoms with Crippen LogP contribution in [0.5, 0.6) is 0 Å². The number of nitrogens with zero attached hydrogens (tertiary/aromatic N) is 1. The highest BCUT2D eigenvalue weighted by Gasteiger charge is 2.21. The number of rotatable bonds is 5. The Balaban J connectivity index is 1.04. The molecule has 14 aromatic rings. The van der Waals surface area contributed by atoms with E-state index >= 15 is 0 Å². The van der Waals surface area contributed by atoms with Gasteiger partial charge in [-0.05, 0) is 102 Å². The van der Waals surface area contributed by atoms with Crippen LogP contribution in [0.3, 0.4) is 0 Å². The van der Waals surface area contributed by atoms with Crippen molar-refractivity contribution in [2.24, 2.45) is 0 Å². The summed E-state index contributed by atoms with van der Waals surface area (Å²) in [6, 6.07) is 83.5. The Morgan fingerprint density at radius 3 is 1.20 bits per heavy atom. The summed E-state index contributed by atoms with van der Waals surface area (Å²) >= 11 is 3.78. The Morgan fingerprint density at radius 1 is 0.262 bits per heavy atom. The SMILES string of the molecule is c1ccc(-c2c3ccccc3c(-c3cccc(-n4c5cc(-c6cccc7c6sc6ccccc67)ccc5c5ccc(-c6cccc7c6sc6ccccc67)cc54)c3)c3ccccc23)cc1. The van der Waals surface area contributed by atoms with Gasteiger partial charge in [0.15, 0.2) is 0 Å². The zero-order chi connectivity index (χ0) is 42.6. The van der Waals surface area contributed by atoms with Crippen LogP contribution < -0.4 is 0 Å². The molecule has 0 bridgehead atoms. The van der Waals surface area contributed by atoms with E-state index in [1.807, 2.05) is 22.7 Å². The average molecular weight is 860 g/mol. The summed E-state index contributed by atoms with van der Waals surface area (Å²) < 4.78 is 7.82. The first kappa shape index (κ1) is 36.6. The molecule has 3 heteroatoms. The summed E-state index contributed by atoms with van der Waals surface area (Å²) in [4.78, 5) is 0. The van der Waals surface area contributed by atoms with Crippen molar-refractivity contribution >= 4 is 106 Å². The van der Waals surface area contributed by atoms with Crippen LogP contribution in [0.4, 0.5) is 0 Å². The van der Waals surface area contributed by atoms with Crippen LogP contribution in [0.2, 0.25) is 0 Å². The molecule has 0 aliphatic heterocycles. The normalized spacial score (nSPS) is 12.0. The van der Waals surface area contributed by atoms with Crippen molar-refractivity contribution in [3.05, 3.63) is 224 Å². The first-order valence-electron chi connectivity index (χ1n) is 22.2. The van der Waals surface area contributed by atoms with Crippen LogP contribution >= 0.6 is 22.7 Å². The zero-order valence-electron chi connectivity index (χ0n) is 35.1. The molecule has 0 amide bonds. The van der Waals surface area contributed by atoms with Crippen molar-refractivity contribution in [1.29, 1.82) is 0 Å². The highest BCUT2D eigenvalue weighted by Crippen LogP contribution is 2.47. The van der Waals surface area contributed by atoms with Crippen LogP contribution in [-0.4, -0.2) is 4.57 Å². The van der Waals surface area contributed by atoms with E-state index in [0.717, 1.165) is 5.69 Å². The van der Waals surface area contributed by atoms with Crippen LogP contribution in [0.25, 0.3) is 134 Å². The smallest absolute Gasteiger partial charge is 0.0547 e. The number of hydrogen-bond donors (Lipinski definition) is 0.